The summed E-state index contributed by atoms with van der Waals surface area (Å²) in [6.07, 6.45) is 1.71. The first-order valence-electron chi connectivity index (χ1n) is 10.8. The molecule has 0 spiro atoms. The topological polar surface area (TPSA) is 113 Å². The minimum Gasteiger partial charge on any atom is -0.322 e. The van der Waals surface area contributed by atoms with E-state index in [1.165, 1.54) is 40.7 Å². The standard InChI is InChI=1S/C24H25N3O5S2/c1-18-4-12-22(13-5-18)33(29,30)26-21-10-8-20(9-11-21)25-24(28)19-6-14-23(15-7-19)34(31,32)27-16-2-3-17-27/h4-15,26H,2-3,16-17H2,1H3,(H,25,28). The largest absolute Gasteiger partial charge is 0.322 e. The third-order valence-electron chi connectivity index (χ3n) is 5.55. The van der Waals surface area contributed by atoms with E-state index < -0.39 is 26.0 Å². The van der Waals surface area contributed by atoms with Crippen LogP contribution in [0.2, 0.25) is 0 Å². The Morgan fingerprint density at radius 3 is 1.85 bits per heavy atom. The van der Waals surface area contributed by atoms with Crippen molar-refractivity contribution in [3.8, 4) is 0 Å². The maximum atomic E-state index is 12.6. The average molecular weight is 500 g/mol. The molecule has 3 aromatic carbocycles. The first kappa shape index (κ1) is 23.9. The van der Waals surface area contributed by atoms with Crippen molar-refractivity contribution in [3.05, 3.63) is 83.9 Å². The van der Waals surface area contributed by atoms with E-state index in [-0.39, 0.29) is 9.79 Å². The molecule has 0 aromatic heterocycles. The van der Waals surface area contributed by atoms with Crippen LogP contribution in [-0.4, -0.2) is 40.1 Å². The van der Waals surface area contributed by atoms with Gasteiger partial charge in [0.05, 0.1) is 9.79 Å². The second-order valence-corrected chi connectivity index (χ2v) is 11.7. The van der Waals surface area contributed by atoms with E-state index in [2.05, 4.69) is 10.0 Å². The van der Waals surface area contributed by atoms with Crippen LogP contribution in [0.25, 0.3) is 0 Å². The molecule has 1 fully saturated rings. The highest BCUT2D eigenvalue weighted by atomic mass is 32.2. The number of anilines is 2. The quantitative estimate of drug-likeness (QED) is 0.513. The van der Waals surface area contributed by atoms with E-state index in [9.17, 15) is 21.6 Å². The van der Waals surface area contributed by atoms with Crippen LogP contribution in [0.3, 0.4) is 0 Å². The summed E-state index contributed by atoms with van der Waals surface area (Å²) in [6, 6.07) is 18.6. The lowest BCUT2D eigenvalue weighted by Gasteiger charge is -2.15. The maximum absolute atomic E-state index is 12.6. The number of sulfonamides is 2. The molecule has 0 aliphatic carbocycles. The third kappa shape index (κ3) is 5.30. The number of benzene rings is 3. The molecule has 34 heavy (non-hydrogen) atoms. The van der Waals surface area contributed by atoms with Gasteiger partial charge >= 0.3 is 0 Å². The number of amides is 1. The lowest BCUT2D eigenvalue weighted by molar-refractivity contribution is 0.102. The Morgan fingerprint density at radius 1 is 0.735 bits per heavy atom. The Hall–Kier alpha value is -3.21. The molecule has 0 radical (unpaired) electrons. The van der Waals surface area contributed by atoms with Gasteiger partial charge in [0.15, 0.2) is 0 Å². The van der Waals surface area contributed by atoms with Gasteiger partial charge in [0.1, 0.15) is 0 Å². The summed E-state index contributed by atoms with van der Waals surface area (Å²) in [5, 5.41) is 2.72. The van der Waals surface area contributed by atoms with Crippen molar-refractivity contribution in [2.45, 2.75) is 29.6 Å². The van der Waals surface area contributed by atoms with Gasteiger partial charge in [0.2, 0.25) is 10.0 Å². The van der Waals surface area contributed by atoms with Crippen molar-refractivity contribution >= 4 is 37.3 Å². The molecule has 1 aliphatic rings. The molecule has 0 unspecified atom stereocenters. The van der Waals surface area contributed by atoms with E-state index in [1.807, 2.05) is 6.92 Å². The highest BCUT2D eigenvalue weighted by Crippen LogP contribution is 2.22. The van der Waals surface area contributed by atoms with Crippen LogP contribution in [0.15, 0.2) is 82.6 Å². The molecule has 2 N–H and O–H groups in total. The molecule has 178 valence electrons. The Balaban J connectivity index is 1.40. The zero-order valence-corrected chi connectivity index (χ0v) is 20.2. The summed E-state index contributed by atoms with van der Waals surface area (Å²) >= 11 is 0. The smallest absolute Gasteiger partial charge is 0.261 e. The molecule has 0 atom stereocenters. The van der Waals surface area contributed by atoms with Crippen LogP contribution in [0.5, 0.6) is 0 Å². The van der Waals surface area contributed by atoms with Gasteiger partial charge in [-0.1, -0.05) is 17.7 Å². The van der Waals surface area contributed by atoms with Crippen molar-refractivity contribution < 1.29 is 21.6 Å². The number of rotatable bonds is 7. The summed E-state index contributed by atoms with van der Waals surface area (Å²) in [6.45, 7) is 2.91. The number of hydrogen-bond donors (Lipinski definition) is 2. The van der Waals surface area contributed by atoms with Gasteiger partial charge in [-0.2, -0.15) is 4.31 Å². The number of aryl methyl sites for hydroxylation is 1. The number of carbonyl (C=O) groups is 1. The Kier molecular flexibility index (Phi) is 6.74. The van der Waals surface area contributed by atoms with Gasteiger partial charge in [0.25, 0.3) is 15.9 Å². The van der Waals surface area contributed by atoms with Crippen molar-refractivity contribution in [1.29, 1.82) is 0 Å². The minimum absolute atomic E-state index is 0.158. The molecule has 1 amide bonds. The normalized spacial score (nSPS) is 14.6. The first-order valence-corrected chi connectivity index (χ1v) is 13.7. The molecule has 4 rings (SSSR count). The Morgan fingerprint density at radius 2 is 1.26 bits per heavy atom. The fourth-order valence-corrected chi connectivity index (χ4v) is 6.19. The fourth-order valence-electron chi connectivity index (χ4n) is 3.61. The zero-order valence-electron chi connectivity index (χ0n) is 18.6. The van der Waals surface area contributed by atoms with Crippen LogP contribution in [0, 0.1) is 6.92 Å². The van der Waals surface area contributed by atoms with Gasteiger partial charge in [-0.3, -0.25) is 9.52 Å². The zero-order chi connectivity index (χ0) is 24.3. The number of carbonyl (C=O) groups excluding carboxylic acids is 1. The molecule has 8 nitrogen and oxygen atoms in total. The molecule has 1 heterocycles. The summed E-state index contributed by atoms with van der Waals surface area (Å²) in [7, 11) is -7.26. The lowest BCUT2D eigenvalue weighted by atomic mass is 10.2. The fraction of sp³-hybridized carbons (Fsp3) is 0.208. The Bertz CT molecular complexity index is 1380. The van der Waals surface area contributed by atoms with Gasteiger partial charge in [-0.25, -0.2) is 16.8 Å². The van der Waals surface area contributed by atoms with Gasteiger partial charge in [0, 0.05) is 30.0 Å². The van der Waals surface area contributed by atoms with Gasteiger partial charge in [-0.15, -0.1) is 0 Å². The van der Waals surface area contributed by atoms with E-state index in [0.717, 1.165) is 18.4 Å². The van der Waals surface area contributed by atoms with Crippen LogP contribution >= 0.6 is 0 Å². The van der Waals surface area contributed by atoms with E-state index in [1.54, 1.807) is 36.4 Å². The monoisotopic (exact) mass is 499 g/mol. The summed E-state index contributed by atoms with van der Waals surface area (Å²) < 4.78 is 54.2. The van der Waals surface area contributed by atoms with Crippen molar-refractivity contribution in [2.75, 3.05) is 23.1 Å². The molecular weight excluding hydrogens is 474 g/mol. The summed E-state index contributed by atoms with van der Waals surface area (Å²) in [4.78, 5) is 12.9. The van der Waals surface area contributed by atoms with Crippen molar-refractivity contribution in [2.24, 2.45) is 0 Å². The molecule has 3 aromatic rings. The number of nitrogens with one attached hydrogen (secondary N) is 2. The van der Waals surface area contributed by atoms with Gasteiger partial charge < -0.3 is 5.32 Å². The van der Waals surface area contributed by atoms with E-state index in [0.29, 0.717) is 30.0 Å². The first-order chi connectivity index (χ1) is 16.1. The lowest BCUT2D eigenvalue weighted by Crippen LogP contribution is -2.27. The van der Waals surface area contributed by atoms with Crippen LogP contribution < -0.4 is 10.0 Å². The predicted molar refractivity (Wildman–Crippen MR) is 131 cm³/mol. The number of hydrogen-bond acceptors (Lipinski definition) is 5. The summed E-state index contributed by atoms with van der Waals surface area (Å²) in [5.41, 5.74) is 2.10. The second kappa shape index (κ2) is 9.57. The van der Waals surface area contributed by atoms with Crippen LogP contribution in [-0.2, 0) is 20.0 Å². The van der Waals surface area contributed by atoms with E-state index in [4.69, 9.17) is 0 Å². The van der Waals surface area contributed by atoms with Crippen molar-refractivity contribution in [3.63, 3.8) is 0 Å². The average Bonchev–Trinajstić information content (AvgIpc) is 3.37. The number of nitrogens with zero attached hydrogens (tertiary/aromatic N) is 1. The molecule has 0 bridgehead atoms. The van der Waals surface area contributed by atoms with E-state index >= 15 is 0 Å². The van der Waals surface area contributed by atoms with Crippen LogP contribution in [0.4, 0.5) is 11.4 Å². The second-order valence-electron chi connectivity index (χ2n) is 8.09. The highest BCUT2D eigenvalue weighted by molar-refractivity contribution is 7.92. The molecule has 10 heteroatoms. The third-order valence-corrected chi connectivity index (χ3v) is 8.86. The predicted octanol–water partition coefficient (Wildman–Crippen LogP) is 3.83. The molecule has 1 saturated heterocycles. The highest BCUT2D eigenvalue weighted by Gasteiger charge is 2.27. The SMILES string of the molecule is Cc1ccc(S(=O)(=O)Nc2ccc(NC(=O)c3ccc(S(=O)(=O)N4CCCC4)cc3)cc2)cc1. The molecule has 0 saturated carbocycles. The molecule has 1 aliphatic heterocycles. The minimum atomic E-state index is -3.72. The Labute approximate surface area is 199 Å². The van der Waals surface area contributed by atoms with Crippen LogP contribution in [0.1, 0.15) is 28.8 Å². The van der Waals surface area contributed by atoms with Crippen molar-refractivity contribution in [1.82, 2.24) is 4.31 Å². The molecular formula is C24H25N3O5S2. The maximum Gasteiger partial charge on any atom is 0.261 e. The summed E-state index contributed by atoms with van der Waals surface area (Å²) in [5.74, 6) is -0.405. The van der Waals surface area contributed by atoms with Gasteiger partial charge in [-0.05, 0) is 80.4 Å².